The van der Waals surface area contributed by atoms with E-state index in [9.17, 15) is 4.79 Å². The van der Waals surface area contributed by atoms with Crippen molar-refractivity contribution in [2.75, 3.05) is 18.6 Å². The monoisotopic (exact) mass is 399 g/mol. The number of esters is 1. The Bertz CT molecular complexity index is 891. The molecule has 0 atom stereocenters. The summed E-state index contributed by atoms with van der Waals surface area (Å²) in [7, 11) is 0. The van der Waals surface area contributed by atoms with Crippen molar-refractivity contribution in [3.05, 3.63) is 59.6 Å². The number of hydrogen-bond acceptors (Lipinski definition) is 8. The Morgan fingerprint density at radius 3 is 2.96 bits per heavy atom. The van der Waals surface area contributed by atoms with E-state index in [0.717, 1.165) is 17.9 Å². The lowest BCUT2D eigenvalue weighted by Crippen LogP contribution is -2.07. The van der Waals surface area contributed by atoms with Crippen molar-refractivity contribution >= 4 is 28.7 Å². The first-order chi connectivity index (χ1) is 13.7. The molecule has 1 N–H and O–H groups in total. The normalized spacial score (nSPS) is 10.9. The molecule has 1 aromatic carbocycles. The molecule has 8 nitrogen and oxygen atoms in total. The van der Waals surface area contributed by atoms with E-state index in [2.05, 4.69) is 20.5 Å². The fourth-order valence-corrected chi connectivity index (χ4v) is 2.96. The first kappa shape index (κ1) is 19.6. The van der Waals surface area contributed by atoms with E-state index in [-0.39, 0.29) is 12.4 Å². The zero-order chi connectivity index (χ0) is 19.6. The van der Waals surface area contributed by atoms with Crippen LogP contribution in [-0.4, -0.2) is 39.9 Å². The number of thiazole rings is 1. The number of imidazole rings is 1. The molecule has 0 amide bonds. The molecule has 0 unspecified atom stereocenters. The number of hydrogen-bond donors (Lipinski definition) is 1. The van der Waals surface area contributed by atoms with Crippen LogP contribution in [0.5, 0.6) is 5.75 Å². The quantitative estimate of drug-likeness (QED) is 0.320. The van der Waals surface area contributed by atoms with Gasteiger partial charge in [-0.05, 0) is 36.8 Å². The predicted molar refractivity (Wildman–Crippen MR) is 108 cm³/mol. The summed E-state index contributed by atoms with van der Waals surface area (Å²) in [4.78, 5) is 19.7. The van der Waals surface area contributed by atoms with Crippen LogP contribution in [0, 0.1) is 0 Å². The van der Waals surface area contributed by atoms with Gasteiger partial charge in [-0.25, -0.2) is 9.97 Å². The third-order valence-corrected chi connectivity index (χ3v) is 4.41. The minimum absolute atomic E-state index is 0.165. The fraction of sp³-hybridized carbons (Fsp3) is 0.263. The van der Waals surface area contributed by atoms with E-state index in [1.807, 2.05) is 40.4 Å². The summed E-state index contributed by atoms with van der Waals surface area (Å²) in [6, 6.07) is 7.64. The molecule has 146 valence electrons. The third-order valence-electron chi connectivity index (χ3n) is 3.61. The van der Waals surface area contributed by atoms with Crippen LogP contribution in [0.4, 0.5) is 5.13 Å². The van der Waals surface area contributed by atoms with E-state index in [1.54, 1.807) is 25.7 Å². The molecule has 0 radical (unpaired) electrons. The van der Waals surface area contributed by atoms with Gasteiger partial charge >= 0.3 is 5.97 Å². The van der Waals surface area contributed by atoms with Crippen LogP contribution in [0.15, 0.2) is 53.5 Å². The molecular weight excluding hydrogens is 378 g/mol. The van der Waals surface area contributed by atoms with Gasteiger partial charge in [-0.15, -0.1) is 11.3 Å². The second-order valence-corrected chi connectivity index (χ2v) is 6.57. The van der Waals surface area contributed by atoms with E-state index in [0.29, 0.717) is 24.0 Å². The van der Waals surface area contributed by atoms with Gasteiger partial charge in [-0.1, -0.05) is 0 Å². The molecule has 3 aromatic rings. The summed E-state index contributed by atoms with van der Waals surface area (Å²) in [5.41, 5.74) is 4.46. The number of carbonyl (C=O) groups is 1. The van der Waals surface area contributed by atoms with Crippen LogP contribution in [0.2, 0.25) is 0 Å². The number of carbonyl (C=O) groups excluding carboxylic acids is 1. The molecule has 0 saturated heterocycles. The third kappa shape index (κ3) is 6.20. The molecule has 0 aliphatic heterocycles. The number of nitrogens with one attached hydrogen (secondary N) is 1. The largest absolute Gasteiger partial charge is 0.492 e. The van der Waals surface area contributed by atoms with Gasteiger partial charge in [0.05, 0.1) is 37.8 Å². The van der Waals surface area contributed by atoms with Crippen molar-refractivity contribution in [3.8, 4) is 5.75 Å². The number of hydrazone groups is 1. The Hall–Kier alpha value is -3.20. The maximum absolute atomic E-state index is 11.5. The van der Waals surface area contributed by atoms with Gasteiger partial charge in [0.2, 0.25) is 5.13 Å². The SMILES string of the molecule is CCOC(=O)Cc1csc(NN=Cc2ccc(OCCn3ccnc3)cc2)n1. The molecular formula is C19H21N5O3S. The van der Waals surface area contributed by atoms with Crippen LogP contribution in [-0.2, 0) is 22.5 Å². The van der Waals surface area contributed by atoms with Gasteiger partial charge in [0, 0.05) is 17.8 Å². The maximum Gasteiger partial charge on any atom is 0.311 e. The smallest absolute Gasteiger partial charge is 0.311 e. The van der Waals surface area contributed by atoms with Gasteiger partial charge in [0.1, 0.15) is 12.4 Å². The second kappa shape index (κ2) is 10.2. The number of rotatable bonds is 10. The van der Waals surface area contributed by atoms with Gasteiger partial charge in [0.15, 0.2) is 0 Å². The standard InChI is InChI=1S/C19H21N5O3S/c1-2-26-18(25)11-16-13-28-19(22-16)23-21-12-15-3-5-17(6-4-15)27-10-9-24-8-7-20-14-24/h3-8,12-14H,2,9-11H2,1H3,(H,22,23). The fourth-order valence-electron chi connectivity index (χ4n) is 2.30. The number of nitrogens with zero attached hydrogens (tertiary/aromatic N) is 4. The number of aromatic nitrogens is 3. The highest BCUT2D eigenvalue weighted by molar-refractivity contribution is 7.13. The molecule has 9 heteroatoms. The molecule has 0 aliphatic carbocycles. The molecule has 0 bridgehead atoms. The maximum atomic E-state index is 11.5. The molecule has 2 heterocycles. The first-order valence-corrected chi connectivity index (χ1v) is 9.68. The average Bonchev–Trinajstić information content (AvgIpc) is 3.35. The highest BCUT2D eigenvalue weighted by Gasteiger charge is 2.07. The van der Waals surface area contributed by atoms with Gasteiger partial charge < -0.3 is 14.0 Å². The Kier molecular flexibility index (Phi) is 7.14. The Morgan fingerprint density at radius 1 is 1.36 bits per heavy atom. The Labute approximate surface area is 166 Å². The summed E-state index contributed by atoms with van der Waals surface area (Å²) < 4.78 is 12.6. The number of anilines is 1. The molecule has 0 spiro atoms. The van der Waals surface area contributed by atoms with E-state index < -0.39 is 0 Å². The average molecular weight is 399 g/mol. The van der Waals surface area contributed by atoms with Crippen molar-refractivity contribution in [1.82, 2.24) is 14.5 Å². The van der Waals surface area contributed by atoms with Gasteiger partial charge in [0.25, 0.3) is 0 Å². The minimum Gasteiger partial charge on any atom is -0.492 e. The van der Waals surface area contributed by atoms with E-state index >= 15 is 0 Å². The van der Waals surface area contributed by atoms with Crippen LogP contribution in [0.25, 0.3) is 0 Å². The molecule has 28 heavy (non-hydrogen) atoms. The van der Waals surface area contributed by atoms with Gasteiger partial charge in [-0.2, -0.15) is 5.10 Å². The van der Waals surface area contributed by atoms with E-state index in [4.69, 9.17) is 9.47 Å². The van der Waals surface area contributed by atoms with Crippen LogP contribution in [0.1, 0.15) is 18.2 Å². The number of ether oxygens (including phenoxy) is 2. The van der Waals surface area contributed by atoms with Crippen molar-refractivity contribution in [2.24, 2.45) is 5.10 Å². The van der Waals surface area contributed by atoms with Crippen LogP contribution < -0.4 is 10.2 Å². The van der Waals surface area contributed by atoms with Crippen LogP contribution >= 0.6 is 11.3 Å². The lowest BCUT2D eigenvalue weighted by Gasteiger charge is -2.06. The van der Waals surface area contributed by atoms with Crippen molar-refractivity contribution in [1.29, 1.82) is 0 Å². The topological polar surface area (TPSA) is 90.6 Å². The zero-order valence-electron chi connectivity index (χ0n) is 15.4. The van der Waals surface area contributed by atoms with Crippen molar-refractivity contribution < 1.29 is 14.3 Å². The summed E-state index contributed by atoms with van der Waals surface area (Å²) in [5, 5.41) is 6.60. The lowest BCUT2D eigenvalue weighted by molar-refractivity contribution is -0.142. The Balaban J connectivity index is 1.43. The highest BCUT2D eigenvalue weighted by Crippen LogP contribution is 2.16. The molecule has 0 saturated carbocycles. The second-order valence-electron chi connectivity index (χ2n) is 5.71. The van der Waals surface area contributed by atoms with Gasteiger partial charge in [-0.3, -0.25) is 10.2 Å². The first-order valence-electron chi connectivity index (χ1n) is 8.80. The lowest BCUT2D eigenvalue weighted by atomic mass is 10.2. The van der Waals surface area contributed by atoms with Crippen LogP contribution in [0.3, 0.4) is 0 Å². The van der Waals surface area contributed by atoms with Crippen molar-refractivity contribution in [3.63, 3.8) is 0 Å². The molecule has 2 aromatic heterocycles. The summed E-state index contributed by atoms with van der Waals surface area (Å²) in [6.07, 6.45) is 7.27. The number of benzene rings is 1. The molecule has 0 aliphatic rings. The molecule has 0 fully saturated rings. The molecule has 3 rings (SSSR count). The predicted octanol–water partition coefficient (Wildman–Crippen LogP) is 2.97. The minimum atomic E-state index is -0.282. The Morgan fingerprint density at radius 2 is 2.21 bits per heavy atom. The summed E-state index contributed by atoms with van der Waals surface area (Å²) in [5.74, 6) is 0.518. The van der Waals surface area contributed by atoms with E-state index in [1.165, 1.54) is 11.3 Å². The zero-order valence-corrected chi connectivity index (χ0v) is 16.3. The summed E-state index contributed by atoms with van der Waals surface area (Å²) >= 11 is 1.38. The highest BCUT2D eigenvalue weighted by atomic mass is 32.1. The summed E-state index contributed by atoms with van der Waals surface area (Å²) in [6.45, 7) is 3.47. The van der Waals surface area contributed by atoms with Crippen molar-refractivity contribution in [2.45, 2.75) is 19.9 Å².